The van der Waals surface area contributed by atoms with Crippen molar-refractivity contribution in [3.05, 3.63) is 11.9 Å². The van der Waals surface area contributed by atoms with Gasteiger partial charge in [-0.2, -0.15) is 0 Å². The Labute approximate surface area is 130 Å². The minimum Gasteiger partial charge on any atom is -0.389 e. The average Bonchev–Trinajstić information content (AvgIpc) is 3.21. The van der Waals surface area contributed by atoms with Crippen molar-refractivity contribution >= 4 is 0 Å². The Morgan fingerprint density at radius 1 is 1.27 bits per heavy atom. The van der Waals surface area contributed by atoms with Gasteiger partial charge in [0.1, 0.15) is 0 Å². The van der Waals surface area contributed by atoms with Gasteiger partial charge in [-0.25, -0.2) is 4.68 Å². The summed E-state index contributed by atoms with van der Waals surface area (Å²) in [6.45, 7) is 2.60. The summed E-state index contributed by atoms with van der Waals surface area (Å²) in [6, 6.07) is 0.354. The lowest BCUT2D eigenvalue weighted by atomic mass is 10.0. The van der Waals surface area contributed by atoms with E-state index in [2.05, 4.69) is 15.6 Å². The molecular weight excluding hydrogens is 284 g/mol. The summed E-state index contributed by atoms with van der Waals surface area (Å²) in [5.41, 5.74) is 1.09. The van der Waals surface area contributed by atoms with Crippen LogP contribution in [0.3, 0.4) is 0 Å². The first-order chi connectivity index (χ1) is 10.8. The molecular formula is C15H24N4O3. The summed E-state index contributed by atoms with van der Waals surface area (Å²) in [7, 11) is 0. The van der Waals surface area contributed by atoms with Gasteiger partial charge in [-0.05, 0) is 25.7 Å². The molecule has 2 aliphatic heterocycles. The summed E-state index contributed by atoms with van der Waals surface area (Å²) in [4.78, 5) is 0. The fourth-order valence-electron chi connectivity index (χ4n) is 3.35. The predicted molar refractivity (Wildman–Crippen MR) is 78.5 cm³/mol. The minimum atomic E-state index is -0.459. The molecule has 1 aromatic heterocycles. The first kappa shape index (κ1) is 14.6. The SMILES string of the molecule is O[C@H]1CO[C@H](Cn2cc(C3CC3)nn2)[C@@H]1NC1CCOCC1. The number of ether oxygens (including phenoxy) is 2. The summed E-state index contributed by atoms with van der Waals surface area (Å²) >= 11 is 0. The maximum Gasteiger partial charge on any atom is 0.0952 e. The normalized spacial score (nSPS) is 33.4. The van der Waals surface area contributed by atoms with E-state index in [1.807, 2.05) is 10.9 Å². The summed E-state index contributed by atoms with van der Waals surface area (Å²) < 4.78 is 13.0. The molecule has 2 saturated heterocycles. The number of aliphatic hydroxyl groups excluding tert-OH is 1. The lowest BCUT2D eigenvalue weighted by Crippen LogP contribution is -2.51. The van der Waals surface area contributed by atoms with Crippen molar-refractivity contribution in [3.63, 3.8) is 0 Å². The van der Waals surface area contributed by atoms with Crippen LogP contribution >= 0.6 is 0 Å². The zero-order valence-corrected chi connectivity index (χ0v) is 12.7. The standard InChI is InChI=1S/C15H24N4O3/c20-13-9-22-14(15(13)16-11-3-5-21-6-4-11)8-19-7-12(17-18-19)10-1-2-10/h7,10-11,13-16,20H,1-6,8-9H2/t13-,14+,15+/m0/s1. The summed E-state index contributed by atoms with van der Waals surface area (Å²) in [5.74, 6) is 0.611. The number of hydrogen-bond donors (Lipinski definition) is 2. The van der Waals surface area contributed by atoms with Gasteiger partial charge >= 0.3 is 0 Å². The minimum absolute atomic E-state index is 0.0447. The molecule has 1 aliphatic carbocycles. The molecule has 122 valence electrons. The van der Waals surface area contributed by atoms with Crippen LogP contribution in [0.15, 0.2) is 6.20 Å². The fourth-order valence-corrected chi connectivity index (χ4v) is 3.35. The summed E-state index contributed by atoms with van der Waals surface area (Å²) in [5, 5.41) is 22.2. The molecule has 0 spiro atoms. The van der Waals surface area contributed by atoms with Crippen LogP contribution in [0, 0.1) is 0 Å². The van der Waals surface area contributed by atoms with Crippen LogP contribution in [0.25, 0.3) is 0 Å². The van der Waals surface area contributed by atoms with Crippen LogP contribution in [0.1, 0.15) is 37.3 Å². The molecule has 0 bridgehead atoms. The van der Waals surface area contributed by atoms with Gasteiger partial charge in [0, 0.05) is 31.4 Å². The molecule has 3 atom stereocenters. The van der Waals surface area contributed by atoms with Gasteiger partial charge in [0.05, 0.1) is 37.1 Å². The molecule has 2 N–H and O–H groups in total. The third kappa shape index (κ3) is 3.17. The van der Waals surface area contributed by atoms with Crippen molar-refractivity contribution in [3.8, 4) is 0 Å². The molecule has 0 unspecified atom stereocenters. The topological polar surface area (TPSA) is 81.4 Å². The predicted octanol–water partition coefficient (Wildman–Crippen LogP) is 0.0524. The van der Waals surface area contributed by atoms with Gasteiger partial charge in [-0.3, -0.25) is 0 Å². The Hall–Kier alpha value is -1.02. The van der Waals surface area contributed by atoms with E-state index in [0.717, 1.165) is 31.7 Å². The zero-order chi connectivity index (χ0) is 14.9. The molecule has 3 aliphatic rings. The molecule has 1 aromatic rings. The van der Waals surface area contributed by atoms with E-state index >= 15 is 0 Å². The third-order valence-electron chi connectivity index (χ3n) is 4.86. The number of nitrogens with zero attached hydrogens (tertiary/aromatic N) is 3. The Bertz CT molecular complexity index is 499. The van der Waals surface area contributed by atoms with Crippen LogP contribution in [-0.2, 0) is 16.0 Å². The first-order valence-electron chi connectivity index (χ1n) is 8.33. The maximum absolute atomic E-state index is 10.2. The van der Waals surface area contributed by atoms with Crippen LogP contribution in [0.4, 0.5) is 0 Å². The van der Waals surface area contributed by atoms with E-state index in [1.54, 1.807) is 0 Å². The second kappa shape index (κ2) is 6.23. The number of aliphatic hydroxyl groups is 1. The largest absolute Gasteiger partial charge is 0.389 e. The van der Waals surface area contributed by atoms with Crippen molar-refractivity contribution in [2.75, 3.05) is 19.8 Å². The van der Waals surface area contributed by atoms with Crippen molar-refractivity contribution in [2.45, 2.75) is 62.4 Å². The van der Waals surface area contributed by atoms with Gasteiger partial charge in [-0.15, -0.1) is 5.10 Å². The van der Waals surface area contributed by atoms with Gasteiger partial charge in [0.2, 0.25) is 0 Å². The van der Waals surface area contributed by atoms with E-state index in [9.17, 15) is 5.11 Å². The van der Waals surface area contributed by atoms with E-state index in [-0.39, 0.29) is 12.1 Å². The number of nitrogens with one attached hydrogen (secondary N) is 1. The Morgan fingerprint density at radius 3 is 2.86 bits per heavy atom. The molecule has 3 heterocycles. The smallest absolute Gasteiger partial charge is 0.0952 e. The fraction of sp³-hybridized carbons (Fsp3) is 0.867. The van der Waals surface area contributed by atoms with Crippen molar-refractivity contribution in [1.82, 2.24) is 20.3 Å². The van der Waals surface area contributed by atoms with Gasteiger partial charge in [0.25, 0.3) is 0 Å². The quantitative estimate of drug-likeness (QED) is 0.800. The van der Waals surface area contributed by atoms with Crippen LogP contribution < -0.4 is 5.32 Å². The highest BCUT2D eigenvalue weighted by atomic mass is 16.5. The number of rotatable bonds is 5. The Balaban J connectivity index is 1.38. The number of aromatic nitrogens is 3. The van der Waals surface area contributed by atoms with E-state index in [1.165, 1.54) is 12.8 Å². The molecule has 0 amide bonds. The van der Waals surface area contributed by atoms with Gasteiger partial charge < -0.3 is 19.9 Å². The summed E-state index contributed by atoms with van der Waals surface area (Å²) in [6.07, 6.45) is 5.94. The van der Waals surface area contributed by atoms with Gasteiger partial charge in [0.15, 0.2) is 0 Å². The molecule has 4 rings (SSSR count). The third-order valence-corrected chi connectivity index (χ3v) is 4.86. The van der Waals surface area contributed by atoms with Crippen LogP contribution in [-0.4, -0.2) is 64.2 Å². The van der Waals surface area contributed by atoms with Crippen LogP contribution in [0.5, 0.6) is 0 Å². The second-order valence-electron chi connectivity index (χ2n) is 6.66. The Kier molecular flexibility index (Phi) is 4.13. The molecule has 0 aromatic carbocycles. The zero-order valence-electron chi connectivity index (χ0n) is 12.7. The molecule has 0 radical (unpaired) electrons. The second-order valence-corrected chi connectivity index (χ2v) is 6.66. The lowest BCUT2D eigenvalue weighted by Gasteiger charge is -2.30. The highest BCUT2D eigenvalue weighted by molar-refractivity contribution is 5.09. The van der Waals surface area contributed by atoms with Gasteiger partial charge in [-0.1, -0.05) is 5.21 Å². The van der Waals surface area contributed by atoms with Crippen molar-refractivity contribution in [2.24, 2.45) is 0 Å². The Morgan fingerprint density at radius 2 is 2.09 bits per heavy atom. The van der Waals surface area contributed by atoms with Crippen molar-refractivity contribution < 1.29 is 14.6 Å². The first-order valence-corrected chi connectivity index (χ1v) is 8.33. The molecule has 3 fully saturated rings. The lowest BCUT2D eigenvalue weighted by molar-refractivity contribution is 0.0562. The molecule has 7 nitrogen and oxygen atoms in total. The monoisotopic (exact) mass is 308 g/mol. The van der Waals surface area contributed by atoms with E-state index < -0.39 is 6.10 Å². The highest BCUT2D eigenvalue weighted by Crippen LogP contribution is 2.38. The molecule has 7 heteroatoms. The van der Waals surface area contributed by atoms with Crippen LogP contribution in [0.2, 0.25) is 0 Å². The highest BCUT2D eigenvalue weighted by Gasteiger charge is 2.38. The van der Waals surface area contributed by atoms with E-state index in [0.29, 0.717) is 25.1 Å². The van der Waals surface area contributed by atoms with E-state index in [4.69, 9.17) is 9.47 Å². The van der Waals surface area contributed by atoms with Crippen molar-refractivity contribution in [1.29, 1.82) is 0 Å². The molecule has 1 saturated carbocycles. The molecule has 22 heavy (non-hydrogen) atoms. The maximum atomic E-state index is 10.2. The number of hydrogen-bond acceptors (Lipinski definition) is 6. The average molecular weight is 308 g/mol.